The highest BCUT2D eigenvalue weighted by Crippen LogP contribution is 2.39. The zero-order valence-electron chi connectivity index (χ0n) is 11.3. The van der Waals surface area contributed by atoms with Crippen molar-refractivity contribution in [1.29, 1.82) is 0 Å². The first-order valence-corrected chi connectivity index (χ1v) is 6.24. The number of hydrogen-bond donors (Lipinski definition) is 1. The van der Waals surface area contributed by atoms with E-state index in [2.05, 4.69) is 32.2 Å². The SMILES string of the molecule is CC(=O)c1cc2c(cc1C)[C@H](C)CC(C)(C)N2. The van der Waals surface area contributed by atoms with Crippen LogP contribution in [0.3, 0.4) is 0 Å². The molecule has 2 nitrogen and oxygen atoms in total. The summed E-state index contributed by atoms with van der Waals surface area (Å²) < 4.78 is 0. The highest BCUT2D eigenvalue weighted by Gasteiger charge is 2.29. The predicted molar refractivity (Wildman–Crippen MR) is 71.9 cm³/mol. The Bertz CT molecular complexity index is 474. The Hall–Kier alpha value is -1.31. The second-order valence-electron chi connectivity index (χ2n) is 5.92. The van der Waals surface area contributed by atoms with Gasteiger partial charge in [-0.2, -0.15) is 0 Å². The maximum atomic E-state index is 11.6. The van der Waals surface area contributed by atoms with Gasteiger partial charge in [0.2, 0.25) is 0 Å². The van der Waals surface area contributed by atoms with Crippen molar-refractivity contribution in [3.05, 3.63) is 28.8 Å². The summed E-state index contributed by atoms with van der Waals surface area (Å²) in [6, 6.07) is 4.18. The molecule has 2 heteroatoms. The van der Waals surface area contributed by atoms with Gasteiger partial charge in [0.15, 0.2) is 5.78 Å². The van der Waals surface area contributed by atoms with E-state index in [0.29, 0.717) is 5.92 Å². The van der Waals surface area contributed by atoms with E-state index in [4.69, 9.17) is 0 Å². The van der Waals surface area contributed by atoms with Gasteiger partial charge in [0.05, 0.1) is 0 Å². The molecule has 1 atom stereocenters. The summed E-state index contributed by atoms with van der Waals surface area (Å²) in [5.74, 6) is 0.684. The lowest BCUT2D eigenvalue weighted by Gasteiger charge is -2.38. The zero-order chi connectivity index (χ0) is 12.8. The number of anilines is 1. The van der Waals surface area contributed by atoms with Crippen LogP contribution in [-0.2, 0) is 0 Å². The topological polar surface area (TPSA) is 29.1 Å². The van der Waals surface area contributed by atoms with Crippen LogP contribution in [0.5, 0.6) is 0 Å². The van der Waals surface area contributed by atoms with Crippen LogP contribution >= 0.6 is 0 Å². The number of benzene rings is 1. The zero-order valence-corrected chi connectivity index (χ0v) is 11.3. The molecule has 0 radical (unpaired) electrons. The molecule has 0 saturated carbocycles. The number of nitrogens with one attached hydrogen (secondary N) is 1. The van der Waals surface area contributed by atoms with E-state index in [1.807, 2.05) is 13.0 Å². The Morgan fingerprint density at radius 2 is 2.06 bits per heavy atom. The molecule has 1 aliphatic rings. The number of fused-ring (bicyclic) bond motifs is 1. The Morgan fingerprint density at radius 3 is 2.65 bits per heavy atom. The minimum absolute atomic E-state index is 0.107. The Morgan fingerprint density at radius 1 is 1.41 bits per heavy atom. The fourth-order valence-corrected chi connectivity index (χ4v) is 2.92. The lowest BCUT2D eigenvalue weighted by atomic mass is 9.80. The minimum atomic E-state index is 0.107. The number of ketones is 1. The molecule has 0 amide bonds. The number of Topliss-reactive ketones (excluding diaryl/α,β-unsaturated/α-hetero) is 1. The summed E-state index contributed by atoms with van der Waals surface area (Å²) in [5.41, 5.74) is 4.50. The van der Waals surface area contributed by atoms with Gasteiger partial charge in [-0.3, -0.25) is 4.79 Å². The van der Waals surface area contributed by atoms with Gasteiger partial charge in [0.1, 0.15) is 0 Å². The molecule has 0 unspecified atom stereocenters. The summed E-state index contributed by atoms with van der Waals surface area (Å²) in [7, 11) is 0. The van der Waals surface area contributed by atoms with Crippen LogP contribution in [0.15, 0.2) is 12.1 Å². The van der Waals surface area contributed by atoms with Gasteiger partial charge in [-0.1, -0.05) is 13.0 Å². The molecule has 1 aliphatic heterocycles. The van der Waals surface area contributed by atoms with Crippen LogP contribution in [-0.4, -0.2) is 11.3 Å². The van der Waals surface area contributed by atoms with Crippen molar-refractivity contribution in [2.24, 2.45) is 0 Å². The Balaban J connectivity index is 2.55. The van der Waals surface area contributed by atoms with Crippen molar-refractivity contribution in [3.63, 3.8) is 0 Å². The van der Waals surface area contributed by atoms with E-state index >= 15 is 0 Å². The summed E-state index contributed by atoms with van der Waals surface area (Å²) in [5, 5.41) is 3.54. The Kier molecular flexibility index (Phi) is 2.76. The second kappa shape index (κ2) is 3.86. The fourth-order valence-electron chi connectivity index (χ4n) is 2.92. The van der Waals surface area contributed by atoms with Crippen molar-refractivity contribution in [2.75, 3.05) is 5.32 Å². The monoisotopic (exact) mass is 231 g/mol. The third kappa shape index (κ3) is 2.21. The van der Waals surface area contributed by atoms with Crippen LogP contribution in [0.1, 0.15) is 61.5 Å². The lowest BCUT2D eigenvalue weighted by Crippen LogP contribution is -2.36. The quantitative estimate of drug-likeness (QED) is 0.743. The third-order valence-corrected chi connectivity index (χ3v) is 3.60. The van der Waals surface area contributed by atoms with Gasteiger partial charge in [0.25, 0.3) is 0 Å². The maximum absolute atomic E-state index is 11.6. The first-order valence-electron chi connectivity index (χ1n) is 6.24. The van der Waals surface area contributed by atoms with Crippen molar-refractivity contribution in [3.8, 4) is 0 Å². The molecular weight excluding hydrogens is 210 g/mol. The fraction of sp³-hybridized carbons (Fsp3) is 0.533. The van der Waals surface area contributed by atoms with Crippen molar-refractivity contribution in [2.45, 2.75) is 52.5 Å². The molecule has 1 aromatic carbocycles. The molecule has 0 fully saturated rings. The lowest BCUT2D eigenvalue weighted by molar-refractivity contribution is 0.101. The molecule has 0 aromatic heterocycles. The summed E-state index contributed by atoms with van der Waals surface area (Å²) in [6.45, 7) is 10.3. The highest BCUT2D eigenvalue weighted by atomic mass is 16.1. The average Bonchev–Trinajstić information content (AvgIpc) is 2.17. The molecule has 92 valence electrons. The summed E-state index contributed by atoms with van der Waals surface area (Å²) >= 11 is 0. The van der Waals surface area contributed by atoms with Crippen molar-refractivity contribution >= 4 is 11.5 Å². The number of rotatable bonds is 1. The highest BCUT2D eigenvalue weighted by molar-refractivity contribution is 5.96. The normalized spacial score (nSPS) is 21.6. The predicted octanol–water partition coefficient (Wildman–Crippen LogP) is 3.90. The average molecular weight is 231 g/mol. The van der Waals surface area contributed by atoms with E-state index in [1.54, 1.807) is 6.92 Å². The number of aryl methyl sites for hydroxylation is 1. The molecule has 1 heterocycles. The summed E-state index contributed by atoms with van der Waals surface area (Å²) in [4.78, 5) is 11.6. The van der Waals surface area contributed by atoms with E-state index in [9.17, 15) is 4.79 Å². The number of carbonyl (C=O) groups is 1. The van der Waals surface area contributed by atoms with E-state index < -0.39 is 0 Å². The van der Waals surface area contributed by atoms with Gasteiger partial charge in [0, 0.05) is 16.8 Å². The molecule has 0 spiro atoms. The molecular formula is C15H21NO. The van der Waals surface area contributed by atoms with Gasteiger partial charge in [-0.15, -0.1) is 0 Å². The van der Waals surface area contributed by atoms with Crippen LogP contribution in [0, 0.1) is 6.92 Å². The van der Waals surface area contributed by atoms with Crippen LogP contribution < -0.4 is 5.32 Å². The molecule has 2 rings (SSSR count). The van der Waals surface area contributed by atoms with Gasteiger partial charge < -0.3 is 5.32 Å². The third-order valence-electron chi connectivity index (χ3n) is 3.60. The molecule has 0 saturated heterocycles. The second-order valence-corrected chi connectivity index (χ2v) is 5.92. The van der Waals surface area contributed by atoms with Crippen LogP contribution in [0.25, 0.3) is 0 Å². The van der Waals surface area contributed by atoms with Gasteiger partial charge >= 0.3 is 0 Å². The molecule has 0 aliphatic carbocycles. The first-order chi connectivity index (χ1) is 7.80. The maximum Gasteiger partial charge on any atom is 0.160 e. The first kappa shape index (κ1) is 12.2. The van der Waals surface area contributed by atoms with Crippen LogP contribution in [0.2, 0.25) is 0 Å². The molecule has 1 aromatic rings. The molecule has 0 bridgehead atoms. The standard InChI is InChI=1S/C15H21NO/c1-9-6-13-10(2)8-15(4,5)16-14(13)7-12(9)11(3)17/h6-7,10,16H,8H2,1-5H3/t10-/m1/s1. The van der Waals surface area contributed by atoms with Crippen LogP contribution in [0.4, 0.5) is 5.69 Å². The number of carbonyl (C=O) groups excluding carboxylic acids is 1. The van der Waals surface area contributed by atoms with Gasteiger partial charge in [-0.25, -0.2) is 0 Å². The summed E-state index contributed by atoms with van der Waals surface area (Å²) in [6.07, 6.45) is 1.12. The van der Waals surface area contributed by atoms with E-state index in [1.165, 1.54) is 5.56 Å². The molecule has 17 heavy (non-hydrogen) atoms. The molecule has 1 N–H and O–H groups in total. The van der Waals surface area contributed by atoms with Crippen molar-refractivity contribution in [1.82, 2.24) is 0 Å². The smallest absolute Gasteiger partial charge is 0.160 e. The number of hydrogen-bond acceptors (Lipinski definition) is 2. The Labute approximate surface area is 103 Å². The largest absolute Gasteiger partial charge is 0.380 e. The van der Waals surface area contributed by atoms with Crippen molar-refractivity contribution < 1.29 is 4.79 Å². The van der Waals surface area contributed by atoms with E-state index in [-0.39, 0.29) is 11.3 Å². The van der Waals surface area contributed by atoms with E-state index in [0.717, 1.165) is 23.2 Å². The minimum Gasteiger partial charge on any atom is -0.380 e. The van der Waals surface area contributed by atoms with Gasteiger partial charge in [-0.05, 0) is 57.2 Å².